The summed E-state index contributed by atoms with van der Waals surface area (Å²) in [5.41, 5.74) is 0.343. The topological polar surface area (TPSA) is 37.3 Å². The molecule has 0 saturated heterocycles. The molecule has 0 atom stereocenters. The summed E-state index contributed by atoms with van der Waals surface area (Å²) in [7, 11) is 0. The maximum absolute atomic E-state index is 10.7. The predicted octanol–water partition coefficient (Wildman–Crippen LogP) is 3.05. The molecule has 0 bridgehead atoms. The fraction of sp³-hybridized carbons (Fsp3) is 0.182. The van der Waals surface area contributed by atoms with Crippen molar-refractivity contribution in [3.63, 3.8) is 0 Å². The Bertz CT molecular complexity index is 345. The minimum atomic E-state index is -0.876. The smallest absolute Gasteiger partial charge is 0.335 e. The highest BCUT2D eigenvalue weighted by Crippen LogP contribution is 2.19. The van der Waals surface area contributed by atoms with Crippen LogP contribution in [-0.2, 0) is 0 Å². The molecule has 2 nitrogen and oxygen atoms in total. The third kappa shape index (κ3) is 3.26. The molecule has 0 saturated carbocycles. The van der Waals surface area contributed by atoms with Gasteiger partial charge in [0.25, 0.3) is 0 Å². The van der Waals surface area contributed by atoms with Gasteiger partial charge in [-0.25, -0.2) is 4.79 Å². The van der Waals surface area contributed by atoms with Crippen LogP contribution < -0.4 is 0 Å². The molecule has 0 fully saturated rings. The van der Waals surface area contributed by atoms with Gasteiger partial charge in [0.05, 0.1) is 5.56 Å². The summed E-state index contributed by atoms with van der Waals surface area (Å²) in [4.78, 5) is 11.6. The molecule has 0 aliphatic rings. The van der Waals surface area contributed by atoms with Crippen molar-refractivity contribution in [2.24, 2.45) is 0 Å². The Labute approximate surface area is 87.6 Å². The van der Waals surface area contributed by atoms with Gasteiger partial charge in [-0.2, -0.15) is 0 Å². The number of rotatable bonds is 4. The molecule has 74 valence electrons. The Morgan fingerprint density at radius 1 is 1.57 bits per heavy atom. The molecule has 0 amide bonds. The Hall–Kier alpha value is -1.22. The van der Waals surface area contributed by atoms with Crippen molar-refractivity contribution < 1.29 is 9.90 Å². The number of allylic oxidation sites excluding steroid dienone is 1. The van der Waals surface area contributed by atoms with Gasteiger partial charge in [0.1, 0.15) is 0 Å². The highest BCUT2D eigenvalue weighted by Gasteiger charge is 2.02. The summed E-state index contributed by atoms with van der Waals surface area (Å²) in [6, 6.07) is 6.97. The molecule has 14 heavy (non-hydrogen) atoms. The number of carbonyl (C=O) groups is 1. The van der Waals surface area contributed by atoms with E-state index in [1.165, 1.54) is 0 Å². The lowest BCUT2D eigenvalue weighted by Gasteiger charge is -1.99. The van der Waals surface area contributed by atoms with Gasteiger partial charge in [-0.3, -0.25) is 0 Å². The van der Waals surface area contributed by atoms with Crippen molar-refractivity contribution in [3.8, 4) is 0 Å². The molecule has 0 unspecified atom stereocenters. The molecule has 0 aliphatic heterocycles. The third-order valence-electron chi connectivity index (χ3n) is 1.66. The molecule has 1 N–H and O–H groups in total. The van der Waals surface area contributed by atoms with Gasteiger partial charge in [0.2, 0.25) is 0 Å². The fourth-order valence-electron chi connectivity index (χ4n) is 0.959. The zero-order valence-electron chi connectivity index (χ0n) is 7.93. The first-order chi connectivity index (χ1) is 6.74. The normalized spacial score (nSPS) is 10.6. The van der Waals surface area contributed by atoms with Crippen molar-refractivity contribution in [1.29, 1.82) is 0 Å². The van der Waals surface area contributed by atoms with Gasteiger partial charge in [-0.15, -0.1) is 11.8 Å². The summed E-state index contributed by atoms with van der Waals surface area (Å²) in [6.07, 6.45) is 4.02. The van der Waals surface area contributed by atoms with Crippen LogP contribution >= 0.6 is 11.8 Å². The second-order valence-corrected chi connectivity index (χ2v) is 3.81. The average molecular weight is 208 g/mol. The zero-order valence-corrected chi connectivity index (χ0v) is 8.75. The van der Waals surface area contributed by atoms with E-state index in [0.29, 0.717) is 5.56 Å². The van der Waals surface area contributed by atoms with Gasteiger partial charge < -0.3 is 5.11 Å². The number of thioether (sulfide) groups is 1. The molecule has 1 aromatic carbocycles. The first kappa shape index (κ1) is 10.9. The van der Waals surface area contributed by atoms with Crippen LogP contribution in [0.25, 0.3) is 0 Å². The molecule has 3 heteroatoms. The number of benzene rings is 1. The molecule has 1 aromatic rings. The molecular weight excluding hydrogens is 196 g/mol. The van der Waals surface area contributed by atoms with Crippen LogP contribution in [0.15, 0.2) is 41.3 Å². The molecule has 0 spiro atoms. The average Bonchev–Trinajstić information content (AvgIpc) is 2.19. The van der Waals surface area contributed by atoms with E-state index in [1.54, 1.807) is 30.0 Å². The predicted molar refractivity (Wildman–Crippen MR) is 58.9 cm³/mol. The first-order valence-electron chi connectivity index (χ1n) is 4.31. The van der Waals surface area contributed by atoms with Crippen molar-refractivity contribution in [3.05, 3.63) is 42.0 Å². The van der Waals surface area contributed by atoms with Gasteiger partial charge in [-0.1, -0.05) is 18.2 Å². The quantitative estimate of drug-likeness (QED) is 0.610. The molecule has 0 aromatic heterocycles. The Morgan fingerprint density at radius 2 is 2.36 bits per heavy atom. The molecule has 1 rings (SSSR count). The Morgan fingerprint density at radius 3 is 3.00 bits per heavy atom. The van der Waals surface area contributed by atoms with E-state index < -0.39 is 5.97 Å². The molecular formula is C11H12O2S. The Balaban J connectivity index is 2.68. The SMILES string of the molecule is CC=CCSc1cccc(C(=O)O)c1. The number of aromatic carboxylic acids is 1. The van der Waals surface area contributed by atoms with E-state index in [9.17, 15) is 4.79 Å². The molecule has 0 radical (unpaired) electrons. The van der Waals surface area contributed by atoms with Crippen LogP contribution in [0.3, 0.4) is 0 Å². The van der Waals surface area contributed by atoms with Crippen molar-refractivity contribution in [2.45, 2.75) is 11.8 Å². The van der Waals surface area contributed by atoms with Gasteiger partial charge in [-0.05, 0) is 25.1 Å². The van der Waals surface area contributed by atoms with Crippen molar-refractivity contribution in [2.75, 3.05) is 5.75 Å². The second-order valence-electron chi connectivity index (χ2n) is 2.71. The van der Waals surface area contributed by atoms with E-state index in [0.717, 1.165) is 10.6 Å². The second kappa shape index (κ2) is 5.50. The minimum Gasteiger partial charge on any atom is -0.478 e. The molecule has 0 heterocycles. The largest absolute Gasteiger partial charge is 0.478 e. The van der Waals surface area contributed by atoms with Crippen LogP contribution in [-0.4, -0.2) is 16.8 Å². The summed E-state index contributed by atoms with van der Waals surface area (Å²) in [6.45, 7) is 1.97. The summed E-state index contributed by atoms with van der Waals surface area (Å²) >= 11 is 1.63. The van der Waals surface area contributed by atoms with E-state index in [-0.39, 0.29) is 0 Å². The highest BCUT2D eigenvalue weighted by atomic mass is 32.2. The van der Waals surface area contributed by atoms with Crippen LogP contribution in [0.5, 0.6) is 0 Å². The van der Waals surface area contributed by atoms with Crippen LogP contribution in [0.4, 0.5) is 0 Å². The van der Waals surface area contributed by atoms with Gasteiger partial charge >= 0.3 is 5.97 Å². The number of hydrogen-bond donors (Lipinski definition) is 1. The summed E-state index contributed by atoms with van der Waals surface area (Å²) < 4.78 is 0. The lowest BCUT2D eigenvalue weighted by Crippen LogP contribution is -1.95. The lowest BCUT2D eigenvalue weighted by atomic mass is 10.2. The number of carboxylic acids is 1. The van der Waals surface area contributed by atoms with E-state index in [2.05, 4.69) is 0 Å². The standard InChI is InChI=1S/C11H12O2S/c1-2-3-7-14-10-6-4-5-9(8-10)11(12)13/h2-6,8H,7H2,1H3,(H,12,13). The monoisotopic (exact) mass is 208 g/mol. The van der Waals surface area contributed by atoms with Crippen molar-refractivity contribution >= 4 is 17.7 Å². The van der Waals surface area contributed by atoms with Gasteiger partial charge in [0, 0.05) is 10.6 Å². The van der Waals surface area contributed by atoms with E-state index in [4.69, 9.17) is 5.11 Å². The van der Waals surface area contributed by atoms with E-state index >= 15 is 0 Å². The van der Waals surface area contributed by atoms with E-state index in [1.807, 2.05) is 25.1 Å². The number of hydrogen-bond acceptors (Lipinski definition) is 2. The highest BCUT2D eigenvalue weighted by molar-refractivity contribution is 7.99. The van der Waals surface area contributed by atoms with Crippen LogP contribution in [0.2, 0.25) is 0 Å². The van der Waals surface area contributed by atoms with Crippen LogP contribution in [0.1, 0.15) is 17.3 Å². The van der Waals surface area contributed by atoms with Crippen LogP contribution in [0, 0.1) is 0 Å². The zero-order chi connectivity index (χ0) is 10.4. The number of carboxylic acid groups (broad SMARTS) is 1. The summed E-state index contributed by atoms with van der Waals surface area (Å²) in [5.74, 6) is -0.00183. The Kier molecular flexibility index (Phi) is 4.26. The first-order valence-corrected chi connectivity index (χ1v) is 5.30. The molecule has 0 aliphatic carbocycles. The van der Waals surface area contributed by atoms with Gasteiger partial charge in [0.15, 0.2) is 0 Å². The maximum atomic E-state index is 10.7. The third-order valence-corrected chi connectivity index (χ3v) is 2.61. The fourth-order valence-corrected chi connectivity index (χ4v) is 1.83. The van der Waals surface area contributed by atoms with Crippen molar-refractivity contribution in [1.82, 2.24) is 0 Å². The summed E-state index contributed by atoms with van der Waals surface area (Å²) in [5, 5.41) is 8.76. The lowest BCUT2D eigenvalue weighted by molar-refractivity contribution is 0.0696. The minimum absolute atomic E-state index is 0.343. The maximum Gasteiger partial charge on any atom is 0.335 e.